The zero-order valence-corrected chi connectivity index (χ0v) is 12.3. The van der Waals surface area contributed by atoms with E-state index in [0.29, 0.717) is 17.4 Å². The molecular weight excluding hydrogens is 272 g/mol. The smallest absolute Gasteiger partial charge is 0.213 e. The molecule has 0 radical (unpaired) electrons. The lowest BCUT2D eigenvalue weighted by Crippen LogP contribution is -2.11. The normalized spacial score (nSPS) is 15.3. The number of sulfone groups is 1. The largest absolute Gasteiger partial charge is 0.455 e. The molecule has 0 spiro atoms. The third kappa shape index (κ3) is 2.10. The maximum absolute atomic E-state index is 12.7. The highest BCUT2D eigenvalue weighted by atomic mass is 32.2. The number of ether oxygens (including phenoxy) is 1. The van der Waals surface area contributed by atoms with Gasteiger partial charge in [0.05, 0.1) is 0 Å². The van der Waals surface area contributed by atoms with Gasteiger partial charge in [-0.25, -0.2) is 8.42 Å². The van der Waals surface area contributed by atoms with Gasteiger partial charge in [-0.15, -0.1) is 0 Å². The van der Waals surface area contributed by atoms with Crippen LogP contribution in [0, 0.1) is 5.92 Å². The van der Waals surface area contributed by atoms with E-state index in [-0.39, 0.29) is 9.79 Å². The van der Waals surface area contributed by atoms with Gasteiger partial charge in [0.25, 0.3) is 0 Å². The Hall–Kier alpha value is -1.81. The van der Waals surface area contributed by atoms with Crippen molar-refractivity contribution in [3.63, 3.8) is 0 Å². The van der Waals surface area contributed by atoms with Crippen LogP contribution in [-0.2, 0) is 16.3 Å². The van der Waals surface area contributed by atoms with Crippen molar-refractivity contribution in [2.75, 3.05) is 0 Å². The van der Waals surface area contributed by atoms with Gasteiger partial charge in [0, 0.05) is 0 Å². The number of fused-ring (bicyclic) bond motifs is 2. The summed E-state index contributed by atoms with van der Waals surface area (Å²) in [6, 6.07) is 12.2. The summed E-state index contributed by atoms with van der Waals surface area (Å²) >= 11 is 0. The first kappa shape index (κ1) is 13.2. The van der Waals surface area contributed by atoms with Gasteiger partial charge in [-0.3, -0.25) is 0 Å². The summed E-state index contributed by atoms with van der Waals surface area (Å²) in [5.74, 6) is 1.29. The van der Waals surface area contributed by atoms with E-state index in [9.17, 15) is 8.42 Å². The fraction of sp³-hybridized carbons (Fsp3) is 0.250. The van der Waals surface area contributed by atoms with Gasteiger partial charge in [-0.1, -0.05) is 32.0 Å². The van der Waals surface area contributed by atoms with Crippen LogP contribution in [0.3, 0.4) is 0 Å². The van der Waals surface area contributed by atoms with Crippen LogP contribution in [-0.4, -0.2) is 8.42 Å². The Balaban J connectivity index is 2.15. The predicted octanol–water partition coefficient (Wildman–Crippen LogP) is 3.82. The average molecular weight is 288 g/mol. The average Bonchev–Trinajstić information content (AvgIpc) is 2.39. The SMILES string of the molecule is CC(C)Cc1ccc2c(c1)S(=O)(=O)c1ccccc1O2. The second-order valence-electron chi connectivity index (χ2n) is 5.43. The van der Waals surface area contributed by atoms with E-state index >= 15 is 0 Å². The Morgan fingerprint density at radius 1 is 1.00 bits per heavy atom. The van der Waals surface area contributed by atoms with Crippen LogP contribution in [0.25, 0.3) is 0 Å². The number of rotatable bonds is 2. The summed E-state index contributed by atoms with van der Waals surface area (Å²) in [5.41, 5.74) is 1.02. The lowest BCUT2D eigenvalue weighted by Gasteiger charge is -2.21. The van der Waals surface area contributed by atoms with Gasteiger partial charge < -0.3 is 4.74 Å². The van der Waals surface area contributed by atoms with Gasteiger partial charge in [0.1, 0.15) is 21.3 Å². The van der Waals surface area contributed by atoms with E-state index in [2.05, 4.69) is 13.8 Å². The van der Waals surface area contributed by atoms with Gasteiger partial charge in [0.15, 0.2) is 0 Å². The topological polar surface area (TPSA) is 43.4 Å². The van der Waals surface area contributed by atoms with Crippen LogP contribution in [0.2, 0.25) is 0 Å². The van der Waals surface area contributed by atoms with Gasteiger partial charge in [0.2, 0.25) is 9.84 Å². The van der Waals surface area contributed by atoms with Crippen molar-refractivity contribution < 1.29 is 13.2 Å². The third-order valence-corrected chi connectivity index (χ3v) is 5.11. The maximum Gasteiger partial charge on any atom is 0.213 e. The molecular formula is C16H16O3S. The van der Waals surface area contributed by atoms with Crippen molar-refractivity contribution in [1.29, 1.82) is 0 Å². The molecule has 0 N–H and O–H groups in total. The Morgan fingerprint density at radius 3 is 2.45 bits per heavy atom. The summed E-state index contributed by atoms with van der Waals surface area (Å²) in [6.45, 7) is 4.22. The number of hydrogen-bond donors (Lipinski definition) is 0. The lowest BCUT2D eigenvalue weighted by molar-refractivity contribution is 0.442. The zero-order chi connectivity index (χ0) is 14.3. The van der Waals surface area contributed by atoms with Crippen LogP contribution in [0.15, 0.2) is 52.3 Å². The first-order valence-electron chi connectivity index (χ1n) is 6.63. The molecule has 0 aliphatic carbocycles. The first-order valence-corrected chi connectivity index (χ1v) is 8.11. The van der Waals surface area contributed by atoms with E-state index in [1.807, 2.05) is 6.07 Å². The van der Waals surface area contributed by atoms with Crippen molar-refractivity contribution in [2.45, 2.75) is 30.1 Å². The summed E-state index contributed by atoms with van der Waals surface area (Å²) in [4.78, 5) is 0.517. The molecule has 0 saturated heterocycles. The Labute approximate surface area is 119 Å². The lowest BCUT2D eigenvalue weighted by atomic mass is 10.0. The van der Waals surface area contributed by atoms with Crippen LogP contribution in [0.5, 0.6) is 11.5 Å². The maximum atomic E-state index is 12.7. The molecule has 0 atom stereocenters. The highest BCUT2D eigenvalue weighted by molar-refractivity contribution is 7.91. The molecule has 0 aromatic heterocycles. The second kappa shape index (κ2) is 4.63. The second-order valence-corrected chi connectivity index (χ2v) is 7.32. The molecule has 1 aliphatic heterocycles. The highest BCUT2D eigenvalue weighted by Crippen LogP contribution is 2.42. The molecule has 1 heterocycles. The summed E-state index contributed by atoms with van der Waals surface area (Å²) in [5, 5.41) is 0. The van der Waals surface area contributed by atoms with Crippen LogP contribution < -0.4 is 4.74 Å². The minimum Gasteiger partial charge on any atom is -0.455 e. The molecule has 104 valence electrons. The number of benzene rings is 2. The molecule has 2 aromatic rings. The molecule has 0 fully saturated rings. The molecule has 0 unspecified atom stereocenters. The molecule has 0 saturated carbocycles. The minimum absolute atomic E-state index is 0.245. The quantitative estimate of drug-likeness (QED) is 0.720. The standard InChI is InChI=1S/C16H16O3S/c1-11(2)9-12-7-8-14-16(10-12)20(17,18)15-6-4-3-5-13(15)19-14/h3-8,10-11H,9H2,1-2H3. The Kier molecular flexibility index (Phi) is 3.05. The summed E-state index contributed by atoms with van der Waals surface area (Å²) in [7, 11) is -3.48. The molecule has 2 aromatic carbocycles. The first-order chi connectivity index (χ1) is 9.48. The molecule has 20 heavy (non-hydrogen) atoms. The zero-order valence-electron chi connectivity index (χ0n) is 11.5. The fourth-order valence-corrected chi connectivity index (χ4v) is 3.99. The molecule has 0 bridgehead atoms. The molecule has 3 rings (SSSR count). The molecule has 1 aliphatic rings. The van der Waals surface area contributed by atoms with Gasteiger partial charge in [-0.2, -0.15) is 0 Å². The van der Waals surface area contributed by atoms with E-state index in [1.165, 1.54) is 0 Å². The third-order valence-electron chi connectivity index (χ3n) is 3.30. The van der Waals surface area contributed by atoms with Crippen molar-refractivity contribution >= 4 is 9.84 Å². The highest BCUT2D eigenvalue weighted by Gasteiger charge is 2.31. The van der Waals surface area contributed by atoms with Crippen molar-refractivity contribution in [2.24, 2.45) is 5.92 Å². The number of hydrogen-bond acceptors (Lipinski definition) is 3. The van der Waals surface area contributed by atoms with Crippen molar-refractivity contribution in [1.82, 2.24) is 0 Å². The number of para-hydroxylation sites is 1. The minimum atomic E-state index is -3.48. The molecule has 0 amide bonds. The van der Waals surface area contributed by atoms with E-state index in [0.717, 1.165) is 12.0 Å². The predicted molar refractivity (Wildman–Crippen MR) is 77.0 cm³/mol. The monoisotopic (exact) mass is 288 g/mol. The fourth-order valence-electron chi connectivity index (χ4n) is 2.44. The summed E-state index contributed by atoms with van der Waals surface area (Å²) < 4.78 is 31.0. The molecule has 4 heteroatoms. The van der Waals surface area contributed by atoms with Crippen LogP contribution >= 0.6 is 0 Å². The van der Waals surface area contributed by atoms with Crippen LogP contribution in [0.1, 0.15) is 19.4 Å². The van der Waals surface area contributed by atoms with Gasteiger partial charge >= 0.3 is 0 Å². The van der Waals surface area contributed by atoms with Crippen LogP contribution in [0.4, 0.5) is 0 Å². The van der Waals surface area contributed by atoms with E-state index in [4.69, 9.17) is 4.74 Å². The van der Waals surface area contributed by atoms with Crippen molar-refractivity contribution in [3.8, 4) is 11.5 Å². The van der Waals surface area contributed by atoms with Gasteiger partial charge in [-0.05, 0) is 42.2 Å². The molecule has 3 nitrogen and oxygen atoms in total. The van der Waals surface area contributed by atoms with E-state index < -0.39 is 9.84 Å². The Bertz CT molecular complexity index is 761. The van der Waals surface area contributed by atoms with E-state index in [1.54, 1.807) is 36.4 Å². The summed E-state index contributed by atoms with van der Waals surface area (Å²) in [6.07, 6.45) is 0.852. The van der Waals surface area contributed by atoms with Crippen molar-refractivity contribution in [3.05, 3.63) is 48.0 Å². The Morgan fingerprint density at radius 2 is 1.70 bits per heavy atom.